The molecule has 0 spiro atoms. The molecule has 0 saturated heterocycles. The number of phenolic OH excluding ortho intramolecular Hbond substituents is 2. The van der Waals surface area contributed by atoms with Crippen molar-refractivity contribution in [1.29, 1.82) is 0 Å². The normalized spacial score (nSPS) is 11.6. The van der Waals surface area contributed by atoms with E-state index in [1.807, 2.05) is 52.0 Å². The van der Waals surface area contributed by atoms with Crippen LogP contribution in [0, 0.1) is 6.92 Å². The van der Waals surface area contributed by atoms with Gasteiger partial charge in [-0.05, 0) is 35.6 Å². The van der Waals surface area contributed by atoms with Gasteiger partial charge in [-0.25, -0.2) is 0 Å². The predicted octanol–water partition coefficient (Wildman–Crippen LogP) is 4.37. The van der Waals surface area contributed by atoms with E-state index in [-0.39, 0.29) is 16.9 Å². The second-order valence-corrected chi connectivity index (χ2v) is 5.95. The number of aryl methyl sites for hydroxylation is 1. The molecule has 2 rings (SSSR count). The largest absolute Gasteiger partial charge is 0.508 e. The summed E-state index contributed by atoms with van der Waals surface area (Å²) in [4.78, 5) is 0. The maximum Gasteiger partial charge on any atom is 0.123 e. The molecule has 0 aliphatic carbocycles. The summed E-state index contributed by atoms with van der Waals surface area (Å²) < 4.78 is 0. The lowest BCUT2D eigenvalue weighted by molar-refractivity contribution is 0.436. The topological polar surface area (TPSA) is 40.5 Å². The van der Waals surface area contributed by atoms with Crippen LogP contribution in [0.15, 0.2) is 36.4 Å². The first kappa shape index (κ1) is 13.5. The summed E-state index contributed by atoms with van der Waals surface area (Å²) in [6, 6.07) is 11.1. The van der Waals surface area contributed by atoms with Crippen LogP contribution in [0.1, 0.15) is 31.9 Å². The number of hydrogen-bond acceptors (Lipinski definition) is 2. The standard InChI is InChI=1S/C17H20O2/c1-11-7-5-6-8-12(11)13-9-16(19)14(10-15(13)18)17(2,3)4/h5-10,18-19H,1-4H3. The molecule has 0 fully saturated rings. The van der Waals surface area contributed by atoms with Crippen LogP contribution in [-0.2, 0) is 5.41 Å². The average molecular weight is 256 g/mol. The lowest BCUT2D eigenvalue weighted by atomic mass is 9.84. The molecule has 2 heteroatoms. The van der Waals surface area contributed by atoms with Crippen molar-refractivity contribution in [3.05, 3.63) is 47.5 Å². The third-order valence-electron chi connectivity index (χ3n) is 3.36. The van der Waals surface area contributed by atoms with Gasteiger partial charge in [0.2, 0.25) is 0 Å². The summed E-state index contributed by atoms with van der Waals surface area (Å²) >= 11 is 0. The van der Waals surface area contributed by atoms with Crippen LogP contribution in [0.3, 0.4) is 0 Å². The Morgan fingerprint density at radius 3 is 2.05 bits per heavy atom. The highest BCUT2D eigenvalue weighted by Gasteiger charge is 2.21. The zero-order chi connectivity index (χ0) is 14.2. The van der Waals surface area contributed by atoms with Gasteiger partial charge >= 0.3 is 0 Å². The van der Waals surface area contributed by atoms with Crippen molar-refractivity contribution in [2.24, 2.45) is 0 Å². The maximum atomic E-state index is 10.2. The highest BCUT2D eigenvalue weighted by molar-refractivity contribution is 5.75. The first-order chi connectivity index (χ1) is 8.80. The fourth-order valence-electron chi connectivity index (χ4n) is 2.27. The van der Waals surface area contributed by atoms with Gasteiger partial charge in [0.25, 0.3) is 0 Å². The van der Waals surface area contributed by atoms with E-state index in [1.165, 1.54) is 0 Å². The van der Waals surface area contributed by atoms with Gasteiger partial charge < -0.3 is 10.2 Å². The lowest BCUT2D eigenvalue weighted by Gasteiger charge is -2.22. The number of phenols is 2. The van der Waals surface area contributed by atoms with Crippen molar-refractivity contribution in [2.75, 3.05) is 0 Å². The predicted molar refractivity (Wildman–Crippen MR) is 78.6 cm³/mol. The van der Waals surface area contributed by atoms with Gasteiger partial charge in [0.05, 0.1) is 0 Å². The smallest absolute Gasteiger partial charge is 0.123 e. The number of benzene rings is 2. The van der Waals surface area contributed by atoms with Crippen LogP contribution < -0.4 is 0 Å². The minimum Gasteiger partial charge on any atom is -0.508 e. The molecule has 0 bridgehead atoms. The maximum absolute atomic E-state index is 10.2. The van der Waals surface area contributed by atoms with E-state index >= 15 is 0 Å². The molecule has 2 nitrogen and oxygen atoms in total. The molecule has 0 aromatic heterocycles. The van der Waals surface area contributed by atoms with Crippen molar-refractivity contribution in [2.45, 2.75) is 33.1 Å². The van der Waals surface area contributed by atoms with Crippen molar-refractivity contribution in [3.63, 3.8) is 0 Å². The summed E-state index contributed by atoms with van der Waals surface area (Å²) in [5, 5.41) is 20.4. The van der Waals surface area contributed by atoms with Crippen LogP contribution in [0.5, 0.6) is 11.5 Å². The van der Waals surface area contributed by atoms with Gasteiger partial charge in [0.15, 0.2) is 0 Å². The molecule has 0 aliphatic rings. The van der Waals surface area contributed by atoms with E-state index in [0.717, 1.165) is 16.7 Å². The van der Waals surface area contributed by atoms with E-state index < -0.39 is 0 Å². The number of rotatable bonds is 1. The second kappa shape index (κ2) is 4.61. The third-order valence-corrected chi connectivity index (χ3v) is 3.36. The fraction of sp³-hybridized carbons (Fsp3) is 0.294. The van der Waals surface area contributed by atoms with E-state index in [1.54, 1.807) is 12.1 Å². The van der Waals surface area contributed by atoms with Crippen LogP contribution >= 0.6 is 0 Å². The molecule has 0 atom stereocenters. The molecular weight excluding hydrogens is 236 g/mol. The Bertz CT molecular complexity index is 607. The Hall–Kier alpha value is -1.96. The molecule has 100 valence electrons. The molecule has 0 unspecified atom stereocenters. The van der Waals surface area contributed by atoms with Gasteiger partial charge in [-0.2, -0.15) is 0 Å². The molecular formula is C17H20O2. The first-order valence-electron chi connectivity index (χ1n) is 6.43. The van der Waals surface area contributed by atoms with Crippen LogP contribution in [0.25, 0.3) is 11.1 Å². The molecule has 19 heavy (non-hydrogen) atoms. The van der Waals surface area contributed by atoms with Crippen molar-refractivity contribution >= 4 is 0 Å². The Balaban J connectivity index is 2.63. The Morgan fingerprint density at radius 2 is 1.47 bits per heavy atom. The highest BCUT2D eigenvalue weighted by Crippen LogP contribution is 2.40. The summed E-state index contributed by atoms with van der Waals surface area (Å²) in [6.45, 7) is 8.02. The summed E-state index contributed by atoms with van der Waals surface area (Å²) in [6.07, 6.45) is 0. The second-order valence-electron chi connectivity index (χ2n) is 5.95. The number of hydrogen-bond donors (Lipinski definition) is 2. The zero-order valence-electron chi connectivity index (χ0n) is 11.9. The molecule has 2 aromatic rings. The molecule has 0 heterocycles. The van der Waals surface area contributed by atoms with E-state index in [0.29, 0.717) is 5.56 Å². The minimum absolute atomic E-state index is 0.203. The quantitative estimate of drug-likeness (QED) is 0.744. The number of aromatic hydroxyl groups is 2. The van der Waals surface area contributed by atoms with Crippen LogP contribution in [-0.4, -0.2) is 10.2 Å². The Morgan fingerprint density at radius 1 is 0.842 bits per heavy atom. The van der Waals surface area contributed by atoms with Gasteiger partial charge in [-0.3, -0.25) is 0 Å². The van der Waals surface area contributed by atoms with E-state index in [2.05, 4.69) is 0 Å². The van der Waals surface area contributed by atoms with Gasteiger partial charge in [0, 0.05) is 11.1 Å². The van der Waals surface area contributed by atoms with Crippen molar-refractivity contribution in [1.82, 2.24) is 0 Å². The minimum atomic E-state index is -0.203. The fourth-order valence-corrected chi connectivity index (χ4v) is 2.27. The van der Waals surface area contributed by atoms with Crippen LogP contribution in [0.2, 0.25) is 0 Å². The molecule has 0 radical (unpaired) electrons. The van der Waals surface area contributed by atoms with Crippen LogP contribution in [0.4, 0.5) is 0 Å². The third kappa shape index (κ3) is 2.58. The Labute approximate surface area is 114 Å². The summed E-state index contributed by atoms with van der Waals surface area (Å²) in [7, 11) is 0. The van der Waals surface area contributed by atoms with Crippen molar-refractivity contribution in [3.8, 4) is 22.6 Å². The highest BCUT2D eigenvalue weighted by atomic mass is 16.3. The molecule has 0 aliphatic heterocycles. The molecule has 2 N–H and O–H groups in total. The lowest BCUT2D eigenvalue weighted by Crippen LogP contribution is -2.11. The van der Waals surface area contributed by atoms with Gasteiger partial charge in [-0.15, -0.1) is 0 Å². The monoisotopic (exact) mass is 256 g/mol. The summed E-state index contributed by atoms with van der Waals surface area (Å²) in [5.74, 6) is 0.431. The zero-order valence-corrected chi connectivity index (χ0v) is 11.9. The first-order valence-corrected chi connectivity index (χ1v) is 6.43. The van der Waals surface area contributed by atoms with E-state index in [9.17, 15) is 10.2 Å². The van der Waals surface area contributed by atoms with Gasteiger partial charge in [0.1, 0.15) is 11.5 Å². The molecule has 2 aromatic carbocycles. The summed E-state index contributed by atoms with van der Waals surface area (Å²) in [5.41, 5.74) is 3.23. The molecule has 0 amide bonds. The van der Waals surface area contributed by atoms with Crippen molar-refractivity contribution < 1.29 is 10.2 Å². The SMILES string of the molecule is Cc1ccccc1-c1cc(O)c(C(C)(C)C)cc1O. The molecule has 0 saturated carbocycles. The average Bonchev–Trinajstić information content (AvgIpc) is 2.31. The van der Waals surface area contributed by atoms with Gasteiger partial charge in [-0.1, -0.05) is 45.0 Å². The van der Waals surface area contributed by atoms with E-state index in [4.69, 9.17) is 0 Å². The Kier molecular flexibility index (Phi) is 3.27.